The fourth-order valence-corrected chi connectivity index (χ4v) is 6.43. The van der Waals surface area contributed by atoms with Crippen LogP contribution in [-0.2, 0) is 17.1 Å². The van der Waals surface area contributed by atoms with Gasteiger partial charge in [-0.05, 0) is 87.2 Å². The van der Waals surface area contributed by atoms with Gasteiger partial charge < -0.3 is 15.0 Å². The number of ether oxygens (including phenoxy) is 1. The summed E-state index contributed by atoms with van der Waals surface area (Å²) < 4.78 is 34.7. The number of benzene rings is 2. The van der Waals surface area contributed by atoms with Crippen molar-refractivity contribution >= 4 is 38.3 Å². The lowest BCUT2D eigenvalue weighted by Crippen LogP contribution is -2.45. The van der Waals surface area contributed by atoms with Crippen LogP contribution in [0.25, 0.3) is 22.4 Å². The predicted molar refractivity (Wildman–Crippen MR) is 178 cm³/mol. The molecular weight excluding hydrogens is 604 g/mol. The number of amides is 1. The molecule has 0 unspecified atom stereocenters. The van der Waals surface area contributed by atoms with E-state index < -0.39 is 10.0 Å². The number of hydrogen-bond donors (Lipinski definition) is 2. The van der Waals surface area contributed by atoms with Crippen LogP contribution >= 0.6 is 0 Å². The Morgan fingerprint density at radius 3 is 2.54 bits per heavy atom. The van der Waals surface area contributed by atoms with Crippen LogP contribution in [0.5, 0.6) is 11.6 Å². The lowest BCUT2D eigenvalue weighted by Gasteiger charge is -2.34. The first-order chi connectivity index (χ1) is 22.1. The first kappa shape index (κ1) is 31.1. The third-order valence-electron chi connectivity index (χ3n) is 8.15. The number of sulfonamides is 1. The topological polar surface area (TPSA) is 144 Å². The Bertz CT molecular complexity index is 2010. The summed E-state index contributed by atoms with van der Waals surface area (Å²) >= 11 is 0. The Morgan fingerprint density at radius 2 is 1.83 bits per heavy atom. The Balaban J connectivity index is 1.17. The molecular formula is C33H36N8O4S. The molecule has 1 aliphatic heterocycles. The summed E-state index contributed by atoms with van der Waals surface area (Å²) in [5.41, 5.74) is 5.38. The zero-order valence-electron chi connectivity index (χ0n) is 26.2. The second-order valence-electron chi connectivity index (χ2n) is 11.4. The summed E-state index contributed by atoms with van der Waals surface area (Å²) in [4.78, 5) is 29.2. The van der Waals surface area contributed by atoms with Crippen LogP contribution in [0.4, 0.5) is 11.4 Å². The van der Waals surface area contributed by atoms with Gasteiger partial charge in [0, 0.05) is 61.1 Å². The molecule has 1 amide bonds. The molecule has 6 rings (SSSR count). The van der Waals surface area contributed by atoms with Gasteiger partial charge in [0.15, 0.2) is 11.5 Å². The van der Waals surface area contributed by atoms with E-state index in [0.29, 0.717) is 39.7 Å². The van der Waals surface area contributed by atoms with Gasteiger partial charge in [-0.15, -0.1) is 0 Å². The third-order valence-corrected chi connectivity index (χ3v) is 9.60. The van der Waals surface area contributed by atoms with Crippen LogP contribution < -0.4 is 19.7 Å². The standard InChI is InChI=1S/C33H36N8O4S/c1-5-46(43,44)39-25-12-15-41(16-13-25)28-11-10-26(17-22(28)3)36-32(42)23-9-8-21(2)29(18-23)45-33-27-20-35-40(4)31(27)37-30(38-33)24-7-6-14-34-19-24/h6-11,14,17-20,25,39H,5,12-13,15-16H2,1-4H3,(H,36,42). The highest BCUT2D eigenvalue weighted by molar-refractivity contribution is 7.89. The van der Waals surface area contributed by atoms with Crippen molar-refractivity contribution in [2.45, 2.75) is 39.7 Å². The molecule has 0 radical (unpaired) electrons. The highest BCUT2D eigenvalue weighted by Crippen LogP contribution is 2.32. The quantitative estimate of drug-likeness (QED) is 0.228. The summed E-state index contributed by atoms with van der Waals surface area (Å²) in [6, 6.07) is 14.8. The normalized spacial score (nSPS) is 14.0. The van der Waals surface area contributed by atoms with E-state index in [-0.39, 0.29) is 17.7 Å². The maximum absolute atomic E-state index is 13.4. The summed E-state index contributed by atoms with van der Waals surface area (Å²) in [5.74, 6) is 1.09. The highest BCUT2D eigenvalue weighted by atomic mass is 32.2. The van der Waals surface area contributed by atoms with Crippen LogP contribution in [0.3, 0.4) is 0 Å². The van der Waals surface area contributed by atoms with Gasteiger partial charge in [-0.3, -0.25) is 14.5 Å². The van der Waals surface area contributed by atoms with E-state index in [1.54, 1.807) is 49.4 Å². The van der Waals surface area contributed by atoms with Gasteiger partial charge in [0.05, 0.1) is 11.9 Å². The molecule has 0 bridgehead atoms. The maximum Gasteiger partial charge on any atom is 0.255 e. The first-order valence-electron chi connectivity index (χ1n) is 15.2. The Kier molecular flexibility index (Phi) is 8.69. The first-order valence-corrected chi connectivity index (χ1v) is 16.8. The van der Waals surface area contributed by atoms with Crippen molar-refractivity contribution in [2.24, 2.45) is 7.05 Å². The molecule has 4 heterocycles. The summed E-state index contributed by atoms with van der Waals surface area (Å²) in [7, 11) is -1.41. The molecule has 1 aliphatic rings. The van der Waals surface area contributed by atoms with E-state index in [0.717, 1.165) is 48.3 Å². The third kappa shape index (κ3) is 6.70. The van der Waals surface area contributed by atoms with Crippen molar-refractivity contribution < 1.29 is 17.9 Å². The minimum Gasteiger partial charge on any atom is -0.438 e. The average Bonchev–Trinajstić information content (AvgIpc) is 3.43. The second-order valence-corrected chi connectivity index (χ2v) is 13.5. The van der Waals surface area contributed by atoms with E-state index in [9.17, 15) is 13.2 Å². The van der Waals surface area contributed by atoms with E-state index in [1.165, 1.54) is 0 Å². The zero-order valence-corrected chi connectivity index (χ0v) is 27.0. The molecule has 2 N–H and O–H groups in total. The average molecular weight is 641 g/mol. The molecule has 0 saturated carbocycles. The Labute approximate surface area is 267 Å². The number of fused-ring (bicyclic) bond motifs is 1. The summed E-state index contributed by atoms with van der Waals surface area (Å²) in [5, 5.41) is 7.99. The molecule has 2 aromatic carbocycles. The van der Waals surface area contributed by atoms with E-state index in [4.69, 9.17) is 4.74 Å². The molecule has 13 heteroatoms. The molecule has 5 aromatic rings. The fraction of sp³-hybridized carbons (Fsp3) is 0.303. The van der Waals surface area contributed by atoms with E-state index in [2.05, 4.69) is 35.0 Å². The Hall–Kier alpha value is -4.88. The molecule has 1 saturated heterocycles. The minimum absolute atomic E-state index is 0.0450. The number of piperidine rings is 1. The molecule has 0 aliphatic carbocycles. The summed E-state index contributed by atoms with van der Waals surface area (Å²) in [6.07, 6.45) is 6.51. The number of pyridine rings is 1. The minimum atomic E-state index is -3.22. The van der Waals surface area contributed by atoms with Gasteiger partial charge in [-0.1, -0.05) is 6.07 Å². The number of anilines is 2. The number of aryl methyl sites for hydroxylation is 3. The SMILES string of the molecule is CCS(=O)(=O)NC1CCN(c2ccc(NC(=O)c3ccc(C)c(Oc4nc(-c5cccnc5)nc5c4cnn5C)c3)cc2C)CC1. The van der Waals surface area contributed by atoms with Gasteiger partial charge in [-0.25, -0.2) is 18.1 Å². The highest BCUT2D eigenvalue weighted by Gasteiger charge is 2.24. The molecule has 0 spiro atoms. The van der Waals surface area contributed by atoms with Gasteiger partial charge in [0.2, 0.25) is 15.9 Å². The Morgan fingerprint density at radius 1 is 1.02 bits per heavy atom. The van der Waals surface area contributed by atoms with Crippen molar-refractivity contribution in [3.8, 4) is 23.0 Å². The monoisotopic (exact) mass is 640 g/mol. The molecule has 1 fully saturated rings. The van der Waals surface area contributed by atoms with Crippen molar-refractivity contribution in [2.75, 3.05) is 29.1 Å². The molecule has 46 heavy (non-hydrogen) atoms. The number of hydrogen-bond acceptors (Lipinski definition) is 9. The van der Waals surface area contributed by atoms with Crippen LogP contribution in [0.1, 0.15) is 41.3 Å². The summed E-state index contributed by atoms with van der Waals surface area (Å²) in [6.45, 7) is 7.06. The largest absolute Gasteiger partial charge is 0.438 e. The zero-order chi connectivity index (χ0) is 32.4. The number of rotatable bonds is 9. The number of carbonyl (C=O) groups excluding carboxylic acids is 1. The van der Waals surface area contributed by atoms with Crippen molar-refractivity contribution in [3.63, 3.8) is 0 Å². The lowest BCUT2D eigenvalue weighted by molar-refractivity contribution is 0.102. The molecule has 0 atom stereocenters. The van der Waals surface area contributed by atoms with Crippen molar-refractivity contribution in [1.82, 2.24) is 29.5 Å². The lowest BCUT2D eigenvalue weighted by atomic mass is 10.0. The van der Waals surface area contributed by atoms with Gasteiger partial charge >= 0.3 is 0 Å². The molecule has 238 valence electrons. The number of nitrogens with one attached hydrogen (secondary N) is 2. The number of aromatic nitrogens is 5. The van der Waals surface area contributed by atoms with Crippen LogP contribution in [0.2, 0.25) is 0 Å². The maximum atomic E-state index is 13.4. The van der Waals surface area contributed by atoms with Gasteiger partial charge in [0.1, 0.15) is 11.1 Å². The molecule has 3 aromatic heterocycles. The smallest absolute Gasteiger partial charge is 0.255 e. The van der Waals surface area contributed by atoms with Crippen LogP contribution in [0.15, 0.2) is 67.1 Å². The van der Waals surface area contributed by atoms with Crippen LogP contribution in [-0.4, -0.2) is 63.9 Å². The van der Waals surface area contributed by atoms with E-state index >= 15 is 0 Å². The van der Waals surface area contributed by atoms with E-state index in [1.807, 2.05) is 50.2 Å². The molecule has 12 nitrogen and oxygen atoms in total. The van der Waals surface area contributed by atoms with Crippen molar-refractivity contribution in [3.05, 3.63) is 83.8 Å². The number of nitrogens with zero attached hydrogens (tertiary/aromatic N) is 6. The fourth-order valence-electron chi connectivity index (χ4n) is 5.52. The van der Waals surface area contributed by atoms with Crippen molar-refractivity contribution in [1.29, 1.82) is 0 Å². The van der Waals surface area contributed by atoms with Crippen LogP contribution in [0, 0.1) is 13.8 Å². The number of carbonyl (C=O) groups is 1. The predicted octanol–water partition coefficient (Wildman–Crippen LogP) is 4.99. The van der Waals surface area contributed by atoms with Gasteiger partial charge in [-0.2, -0.15) is 10.1 Å². The van der Waals surface area contributed by atoms with Gasteiger partial charge in [0.25, 0.3) is 5.91 Å². The second kappa shape index (κ2) is 12.9.